The molecule has 4 heteroatoms. The van der Waals surface area contributed by atoms with Crippen LogP contribution in [0.2, 0.25) is 0 Å². The number of nitrogens with two attached hydrogens (primary N) is 1. The number of pyridine rings is 1. The Bertz CT molecular complexity index is 625. The highest BCUT2D eigenvalue weighted by molar-refractivity contribution is 5.92. The smallest absolute Gasteiger partial charge is 0.0767 e. The number of benzene rings is 1. The first-order valence-corrected chi connectivity index (χ1v) is 7.70. The van der Waals surface area contributed by atoms with Crippen molar-refractivity contribution in [2.75, 3.05) is 32.4 Å². The van der Waals surface area contributed by atoms with E-state index in [0.29, 0.717) is 6.04 Å². The maximum atomic E-state index is 6.07. The van der Waals surface area contributed by atoms with Gasteiger partial charge >= 0.3 is 0 Å². The second-order valence-electron chi connectivity index (χ2n) is 6.15. The van der Waals surface area contributed by atoms with Crippen LogP contribution in [0.15, 0.2) is 30.5 Å². The number of hydrogen-bond donors (Lipinski definition) is 1. The van der Waals surface area contributed by atoms with Gasteiger partial charge in [0.25, 0.3) is 0 Å². The molecule has 2 N–H and O–H groups in total. The van der Waals surface area contributed by atoms with Crippen LogP contribution in [0.1, 0.15) is 18.9 Å². The number of nitrogen functional groups attached to an aromatic ring is 1. The highest BCUT2D eigenvalue weighted by Crippen LogP contribution is 2.24. The molecule has 1 unspecified atom stereocenters. The normalized spacial score (nSPS) is 21.5. The van der Waals surface area contributed by atoms with Crippen LogP contribution in [0.25, 0.3) is 10.9 Å². The van der Waals surface area contributed by atoms with Crippen molar-refractivity contribution in [2.45, 2.75) is 25.9 Å². The van der Waals surface area contributed by atoms with E-state index in [-0.39, 0.29) is 0 Å². The van der Waals surface area contributed by atoms with Crippen LogP contribution in [0.5, 0.6) is 0 Å². The van der Waals surface area contributed by atoms with E-state index in [2.05, 4.69) is 40.9 Å². The van der Waals surface area contributed by atoms with Crippen LogP contribution in [0.3, 0.4) is 0 Å². The number of likely N-dealkylation sites (N-methyl/N-ethyl adjacent to an activating group) is 1. The van der Waals surface area contributed by atoms with E-state index in [1.807, 2.05) is 18.3 Å². The summed E-state index contributed by atoms with van der Waals surface area (Å²) < 4.78 is 0. The van der Waals surface area contributed by atoms with Crippen LogP contribution in [-0.2, 0) is 6.54 Å². The van der Waals surface area contributed by atoms with Gasteiger partial charge in [-0.25, -0.2) is 0 Å². The monoisotopic (exact) mass is 284 g/mol. The number of nitrogens with zero attached hydrogens (tertiary/aromatic N) is 3. The van der Waals surface area contributed by atoms with Gasteiger partial charge in [0.15, 0.2) is 0 Å². The van der Waals surface area contributed by atoms with Crippen molar-refractivity contribution >= 4 is 16.6 Å². The lowest BCUT2D eigenvalue weighted by Gasteiger charge is -2.28. The molecule has 3 rings (SSSR count). The van der Waals surface area contributed by atoms with Gasteiger partial charge in [-0.15, -0.1) is 0 Å². The van der Waals surface area contributed by atoms with Gasteiger partial charge in [-0.3, -0.25) is 9.88 Å². The number of anilines is 1. The van der Waals surface area contributed by atoms with Crippen molar-refractivity contribution in [1.82, 2.24) is 14.8 Å². The van der Waals surface area contributed by atoms with E-state index < -0.39 is 0 Å². The Balaban J connectivity index is 1.89. The molecule has 1 fully saturated rings. The zero-order chi connectivity index (χ0) is 14.8. The second-order valence-corrected chi connectivity index (χ2v) is 6.15. The molecular formula is C17H24N4. The summed E-state index contributed by atoms with van der Waals surface area (Å²) >= 11 is 0. The Labute approximate surface area is 126 Å². The molecule has 1 aliphatic heterocycles. The summed E-state index contributed by atoms with van der Waals surface area (Å²) in [5, 5.41) is 1.06. The van der Waals surface area contributed by atoms with Gasteiger partial charge in [0.05, 0.1) is 5.52 Å². The highest BCUT2D eigenvalue weighted by Gasteiger charge is 2.20. The van der Waals surface area contributed by atoms with Crippen LogP contribution in [0.4, 0.5) is 5.69 Å². The first-order chi connectivity index (χ1) is 10.1. The maximum Gasteiger partial charge on any atom is 0.0767 e. The first-order valence-electron chi connectivity index (χ1n) is 7.70. The summed E-state index contributed by atoms with van der Waals surface area (Å²) in [6.07, 6.45) is 3.08. The third kappa shape index (κ3) is 3.01. The molecule has 0 amide bonds. The standard InChI is InChI=1S/C17H24N4/c1-13-11-20(2)9-4-10-21(13)12-14-6-7-16(18)15-5-3-8-19-17(14)15/h3,5-8,13H,4,9-12,18H2,1-2H3. The molecule has 2 aromatic rings. The Hall–Kier alpha value is -1.65. The summed E-state index contributed by atoms with van der Waals surface area (Å²) in [6, 6.07) is 8.71. The summed E-state index contributed by atoms with van der Waals surface area (Å²) in [4.78, 5) is 9.53. The van der Waals surface area contributed by atoms with Crippen LogP contribution < -0.4 is 5.73 Å². The second kappa shape index (κ2) is 6.00. The van der Waals surface area contributed by atoms with E-state index in [9.17, 15) is 0 Å². The molecular weight excluding hydrogens is 260 g/mol. The van der Waals surface area contributed by atoms with Crippen LogP contribution in [0, 0.1) is 0 Å². The first kappa shape index (κ1) is 14.3. The predicted molar refractivity (Wildman–Crippen MR) is 88.1 cm³/mol. The third-order valence-corrected chi connectivity index (χ3v) is 4.44. The average Bonchev–Trinajstić information content (AvgIpc) is 2.63. The van der Waals surface area contributed by atoms with Crippen molar-refractivity contribution < 1.29 is 0 Å². The molecule has 2 heterocycles. The van der Waals surface area contributed by atoms with E-state index in [4.69, 9.17) is 5.73 Å². The summed E-state index contributed by atoms with van der Waals surface area (Å²) in [5.74, 6) is 0. The lowest BCUT2D eigenvalue weighted by molar-refractivity contribution is 0.195. The van der Waals surface area contributed by atoms with E-state index in [1.165, 1.54) is 18.5 Å². The molecule has 1 aromatic heterocycles. The van der Waals surface area contributed by atoms with Gasteiger partial charge in [-0.05, 0) is 50.7 Å². The third-order valence-electron chi connectivity index (χ3n) is 4.44. The number of rotatable bonds is 2. The van der Waals surface area contributed by atoms with Crippen molar-refractivity contribution in [3.8, 4) is 0 Å². The van der Waals surface area contributed by atoms with Crippen molar-refractivity contribution in [1.29, 1.82) is 0 Å². The molecule has 0 radical (unpaired) electrons. The molecule has 0 saturated carbocycles. The summed E-state index contributed by atoms with van der Waals surface area (Å²) in [5.41, 5.74) is 9.20. The van der Waals surface area contributed by atoms with Crippen molar-refractivity contribution in [3.05, 3.63) is 36.0 Å². The van der Waals surface area contributed by atoms with Gasteiger partial charge in [0, 0.05) is 42.9 Å². The quantitative estimate of drug-likeness (QED) is 0.860. The SMILES string of the molecule is CC1CN(C)CCCN1Cc1ccc(N)c2cccnc12. The zero-order valence-electron chi connectivity index (χ0n) is 12.9. The molecule has 0 bridgehead atoms. The fourth-order valence-electron chi connectivity index (χ4n) is 3.26. The van der Waals surface area contributed by atoms with Gasteiger partial charge in [0.2, 0.25) is 0 Å². The fourth-order valence-corrected chi connectivity index (χ4v) is 3.26. The van der Waals surface area contributed by atoms with E-state index in [0.717, 1.165) is 36.2 Å². The lowest BCUT2D eigenvalue weighted by Crippen LogP contribution is -2.37. The molecule has 1 aromatic carbocycles. The van der Waals surface area contributed by atoms with E-state index >= 15 is 0 Å². The Morgan fingerprint density at radius 1 is 1.29 bits per heavy atom. The van der Waals surface area contributed by atoms with Crippen molar-refractivity contribution in [2.24, 2.45) is 0 Å². The number of hydrogen-bond acceptors (Lipinski definition) is 4. The topological polar surface area (TPSA) is 45.4 Å². The zero-order valence-corrected chi connectivity index (χ0v) is 12.9. The highest BCUT2D eigenvalue weighted by atomic mass is 15.2. The minimum Gasteiger partial charge on any atom is -0.398 e. The minimum atomic E-state index is 0.564. The Kier molecular flexibility index (Phi) is 4.08. The van der Waals surface area contributed by atoms with Crippen molar-refractivity contribution in [3.63, 3.8) is 0 Å². The minimum absolute atomic E-state index is 0.564. The Morgan fingerprint density at radius 3 is 3.00 bits per heavy atom. The number of aromatic nitrogens is 1. The average molecular weight is 284 g/mol. The van der Waals surface area contributed by atoms with Crippen LogP contribution in [-0.4, -0.2) is 47.5 Å². The van der Waals surface area contributed by atoms with Crippen LogP contribution >= 0.6 is 0 Å². The van der Waals surface area contributed by atoms with Gasteiger partial charge < -0.3 is 10.6 Å². The molecule has 1 atom stereocenters. The number of fused-ring (bicyclic) bond motifs is 1. The molecule has 0 spiro atoms. The molecule has 112 valence electrons. The largest absolute Gasteiger partial charge is 0.398 e. The molecule has 1 aliphatic rings. The predicted octanol–water partition coefficient (Wildman–Crippen LogP) is 2.34. The lowest BCUT2D eigenvalue weighted by atomic mass is 10.1. The fraction of sp³-hybridized carbons (Fsp3) is 0.471. The maximum absolute atomic E-state index is 6.07. The molecule has 1 saturated heterocycles. The van der Waals surface area contributed by atoms with Gasteiger partial charge in [-0.2, -0.15) is 0 Å². The molecule has 4 nitrogen and oxygen atoms in total. The van der Waals surface area contributed by atoms with E-state index in [1.54, 1.807) is 0 Å². The molecule has 21 heavy (non-hydrogen) atoms. The molecule has 0 aliphatic carbocycles. The Morgan fingerprint density at radius 2 is 2.14 bits per heavy atom. The van der Waals surface area contributed by atoms with Gasteiger partial charge in [-0.1, -0.05) is 6.07 Å². The van der Waals surface area contributed by atoms with Gasteiger partial charge in [0.1, 0.15) is 0 Å². The summed E-state index contributed by atoms with van der Waals surface area (Å²) in [6.45, 7) is 6.71. The summed E-state index contributed by atoms with van der Waals surface area (Å²) in [7, 11) is 2.21.